The molecular weight excluding hydrogens is 127 g/mol. The first kappa shape index (κ1) is 11.0. The summed E-state index contributed by atoms with van der Waals surface area (Å²) in [6, 6.07) is 0. The van der Waals surface area contributed by atoms with Gasteiger partial charge < -0.3 is 14.3 Å². The second kappa shape index (κ2) is 7.08. The van der Waals surface area contributed by atoms with Gasteiger partial charge in [0.1, 0.15) is 0 Å². The van der Waals surface area contributed by atoms with Crippen LogP contribution in [0.2, 0.25) is 0 Å². The highest BCUT2D eigenvalue weighted by Crippen LogP contribution is 2.22. The summed E-state index contributed by atoms with van der Waals surface area (Å²) in [5.41, 5.74) is 0. The third-order valence-electron chi connectivity index (χ3n) is 0.245. The monoisotopic (exact) mass is 134 g/mol. The topological polar surface area (TPSA) is 49.7 Å². The van der Waals surface area contributed by atoms with E-state index in [4.69, 9.17) is 9.79 Å². The van der Waals surface area contributed by atoms with Crippen LogP contribution in [0.4, 0.5) is 0 Å². The van der Waals surface area contributed by atoms with E-state index in [1.54, 1.807) is 6.92 Å². The number of rotatable bonds is 2. The molecule has 5 heteroatoms. The molecule has 3 nitrogen and oxygen atoms in total. The van der Waals surface area contributed by atoms with Gasteiger partial charge in [-0.2, -0.15) is 0 Å². The first-order valence-corrected chi connectivity index (χ1v) is 2.74. The van der Waals surface area contributed by atoms with Crippen molar-refractivity contribution in [1.82, 2.24) is 0 Å². The van der Waals surface area contributed by atoms with Gasteiger partial charge in [0.25, 0.3) is 0 Å². The second-order valence-corrected chi connectivity index (χ2v) is 1.43. The molecule has 2 N–H and O–H groups in total. The smallest absolute Gasteiger partial charge is 0.327 e. The third-order valence-corrected chi connectivity index (χ3v) is 0.734. The Hall–Kier alpha value is 1.08. The molecule has 0 unspecified atom stereocenters. The van der Waals surface area contributed by atoms with E-state index in [1.807, 2.05) is 0 Å². The molecule has 0 bridgehead atoms. The standard InChI is InChI=1S/C2H7O3P.Mg/c1-2-5-6(3)4;/h3-4H,2H2,1H3;. The largest absolute Gasteiger partial charge is 0.328 e. The van der Waals surface area contributed by atoms with E-state index in [-0.39, 0.29) is 23.1 Å². The first-order chi connectivity index (χ1) is 2.77. The van der Waals surface area contributed by atoms with Crippen LogP contribution in [-0.2, 0) is 4.52 Å². The minimum absolute atomic E-state index is 0. The molecular formula is C2H7MgO3P. The summed E-state index contributed by atoms with van der Waals surface area (Å²) in [4.78, 5) is 15.9. The molecule has 7 heavy (non-hydrogen) atoms. The normalized spacial score (nSPS) is 8.57. The molecule has 0 atom stereocenters. The average molecular weight is 134 g/mol. The molecule has 40 valence electrons. The summed E-state index contributed by atoms with van der Waals surface area (Å²) < 4.78 is 4.22. The molecule has 0 saturated carbocycles. The maximum Gasteiger partial charge on any atom is 0.327 e. The van der Waals surface area contributed by atoms with Crippen molar-refractivity contribution in [1.29, 1.82) is 0 Å². The van der Waals surface area contributed by atoms with E-state index < -0.39 is 8.60 Å². The maximum atomic E-state index is 7.95. The molecule has 0 fully saturated rings. The van der Waals surface area contributed by atoms with Crippen LogP contribution < -0.4 is 0 Å². The molecule has 0 aromatic carbocycles. The summed E-state index contributed by atoms with van der Waals surface area (Å²) in [6.45, 7) is 2.06. The highest BCUT2D eigenvalue weighted by atomic mass is 31.2. The maximum absolute atomic E-state index is 7.95. The van der Waals surface area contributed by atoms with Crippen LogP contribution in [0, 0.1) is 0 Å². The first-order valence-electron chi connectivity index (χ1n) is 1.58. The van der Waals surface area contributed by atoms with Gasteiger partial charge in [0.05, 0.1) is 6.61 Å². The van der Waals surface area contributed by atoms with Gasteiger partial charge in [0, 0.05) is 23.1 Å². The summed E-state index contributed by atoms with van der Waals surface area (Å²) in [6.07, 6.45) is 0. The van der Waals surface area contributed by atoms with Crippen LogP contribution in [0.15, 0.2) is 0 Å². The highest BCUT2D eigenvalue weighted by Gasteiger charge is 1.91. The van der Waals surface area contributed by atoms with Gasteiger partial charge in [-0.1, -0.05) is 0 Å². The van der Waals surface area contributed by atoms with E-state index in [0.29, 0.717) is 6.61 Å². The Labute approximate surface area is 59.8 Å². The Morgan fingerprint density at radius 3 is 2.00 bits per heavy atom. The lowest BCUT2D eigenvalue weighted by molar-refractivity contribution is 0.269. The van der Waals surface area contributed by atoms with E-state index in [9.17, 15) is 0 Å². The van der Waals surface area contributed by atoms with Crippen LogP contribution in [0.1, 0.15) is 6.92 Å². The molecule has 0 aliphatic rings. The van der Waals surface area contributed by atoms with E-state index >= 15 is 0 Å². The quantitative estimate of drug-likeness (QED) is 0.408. The van der Waals surface area contributed by atoms with Crippen molar-refractivity contribution in [3.8, 4) is 0 Å². The van der Waals surface area contributed by atoms with Crippen LogP contribution in [0.25, 0.3) is 0 Å². The Morgan fingerprint density at radius 2 is 2.00 bits per heavy atom. The second-order valence-electron chi connectivity index (χ2n) is 0.671. The lowest BCUT2D eigenvalue weighted by Gasteiger charge is -1.95. The predicted octanol–water partition coefficient (Wildman–Crippen LogP) is -0.146. The SMILES string of the molecule is CCOP(O)O.[Mg]. The van der Waals surface area contributed by atoms with E-state index in [1.165, 1.54) is 0 Å². The van der Waals surface area contributed by atoms with Crippen molar-refractivity contribution in [2.75, 3.05) is 6.61 Å². The molecule has 0 saturated heterocycles. The fourth-order valence-corrected chi connectivity index (χ4v) is 0.346. The summed E-state index contributed by atoms with van der Waals surface area (Å²) in [7, 11) is -2.10. The Bertz CT molecular complexity index is 34.1. The molecule has 0 amide bonds. The molecule has 0 aliphatic carbocycles. The van der Waals surface area contributed by atoms with Crippen molar-refractivity contribution < 1.29 is 14.3 Å². The summed E-state index contributed by atoms with van der Waals surface area (Å²) in [5.74, 6) is 0. The zero-order valence-corrected chi connectivity index (χ0v) is 6.47. The Morgan fingerprint density at radius 1 is 1.57 bits per heavy atom. The summed E-state index contributed by atoms with van der Waals surface area (Å²) in [5, 5.41) is 0. The van der Waals surface area contributed by atoms with Crippen molar-refractivity contribution in [3.63, 3.8) is 0 Å². The van der Waals surface area contributed by atoms with Gasteiger partial charge in [-0.15, -0.1) is 0 Å². The van der Waals surface area contributed by atoms with Gasteiger partial charge >= 0.3 is 8.60 Å². The minimum Gasteiger partial charge on any atom is -0.328 e. The van der Waals surface area contributed by atoms with Crippen LogP contribution >= 0.6 is 8.60 Å². The lowest BCUT2D eigenvalue weighted by atomic mass is 10.9. The average Bonchev–Trinajstić information content (AvgIpc) is 1.35. The molecule has 0 heterocycles. The number of hydrogen-bond acceptors (Lipinski definition) is 3. The molecule has 0 aromatic heterocycles. The van der Waals surface area contributed by atoms with Gasteiger partial charge in [0.15, 0.2) is 0 Å². The molecule has 2 radical (unpaired) electrons. The predicted molar refractivity (Wildman–Crippen MR) is 28.7 cm³/mol. The van der Waals surface area contributed by atoms with Crippen LogP contribution in [0.5, 0.6) is 0 Å². The fraction of sp³-hybridized carbons (Fsp3) is 1.00. The van der Waals surface area contributed by atoms with E-state index in [0.717, 1.165) is 0 Å². The minimum atomic E-state index is -2.10. The third kappa shape index (κ3) is 11.0. The van der Waals surface area contributed by atoms with Gasteiger partial charge in [0.2, 0.25) is 0 Å². The lowest BCUT2D eigenvalue weighted by Crippen LogP contribution is -1.78. The Balaban J connectivity index is 0. The van der Waals surface area contributed by atoms with Crippen molar-refractivity contribution in [2.45, 2.75) is 6.92 Å². The molecule has 0 aliphatic heterocycles. The van der Waals surface area contributed by atoms with Crippen molar-refractivity contribution in [3.05, 3.63) is 0 Å². The van der Waals surface area contributed by atoms with Crippen molar-refractivity contribution in [2.24, 2.45) is 0 Å². The zero-order chi connectivity index (χ0) is 4.99. The van der Waals surface area contributed by atoms with E-state index in [2.05, 4.69) is 4.52 Å². The fourth-order valence-electron chi connectivity index (χ4n) is 0.115. The highest BCUT2D eigenvalue weighted by molar-refractivity contribution is 7.39. The van der Waals surface area contributed by atoms with Gasteiger partial charge in [-0.3, -0.25) is 0 Å². The van der Waals surface area contributed by atoms with Gasteiger partial charge in [-0.05, 0) is 6.92 Å². The van der Waals surface area contributed by atoms with Crippen LogP contribution in [-0.4, -0.2) is 39.4 Å². The van der Waals surface area contributed by atoms with Crippen molar-refractivity contribution >= 4 is 31.7 Å². The molecule has 0 aromatic rings. The van der Waals surface area contributed by atoms with Crippen LogP contribution in [0.3, 0.4) is 0 Å². The molecule has 0 spiro atoms. The summed E-state index contributed by atoms with van der Waals surface area (Å²) >= 11 is 0. The zero-order valence-electron chi connectivity index (χ0n) is 4.16. The Kier molecular flexibility index (Phi) is 11.1. The molecule has 0 rings (SSSR count). The number of hydrogen-bond donors (Lipinski definition) is 2. The van der Waals surface area contributed by atoms with Gasteiger partial charge in [-0.25, -0.2) is 0 Å².